The van der Waals surface area contributed by atoms with Gasteiger partial charge in [-0.3, -0.25) is 4.79 Å². The number of nitrogens with two attached hydrogens (primary N) is 1. The highest BCUT2D eigenvalue weighted by atomic mass is 32.2. The molecule has 1 unspecified atom stereocenters. The van der Waals surface area contributed by atoms with Gasteiger partial charge in [0.2, 0.25) is 5.91 Å². The minimum Gasteiger partial charge on any atom is -0.356 e. The predicted molar refractivity (Wildman–Crippen MR) is 99.5 cm³/mol. The summed E-state index contributed by atoms with van der Waals surface area (Å²) in [5.74, 6) is -0.0927. The molecule has 2 rings (SSSR count). The van der Waals surface area contributed by atoms with Crippen molar-refractivity contribution in [1.82, 2.24) is 5.32 Å². The van der Waals surface area contributed by atoms with Gasteiger partial charge in [-0.05, 0) is 17.5 Å². The SMILES string of the molecule is NC(CC(=O)NCCCS(=O)(=O)Cc1ccccc1)c1ccccc1. The van der Waals surface area contributed by atoms with Gasteiger partial charge in [-0.1, -0.05) is 60.7 Å². The van der Waals surface area contributed by atoms with E-state index in [1.165, 1.54) is 0 Å². The van der Waals surface area contributed by atoms with E-state index >= 15 is 0 Å². The highest BCUT2D eigenvalue weighted by Gasteiger charge is 2.13. The van der Waals surface area contributed by atoms with Crippen LogP contribution >= 0.6 is 0 Å². The molecule has 0 radical (unpaired) electrons. The Bertz CT molecular complexity index is 762. The third-order valence-electron chi connectivity index (χ3n) is 3.82. The largest absolute Gasteiger partial charge is 0.356 e. The number of sulfone groups is 1. The van der Waals surface area contributed by atoms with Gasteiger partial charge in [0, 0.05) is 19.0 Å². The van der Waals surface area contributed by atoms with Crippen LogP contribution in [0.5, 0.6) is 0 Å². The number of carbonyl (C=O) groups is 1. The summed E-state index contributed by atoms with van der Waals surface area (Å²) in [5, 5.41) is 2.74. The van der Waals surface area contributed by atoms with E-state index in [9.17, 15) is 13.2 Å². The molecule has 0 fully saturated rings. The van der Waals surface area contributed by atoms with E-state index in [-0.39, 0.29) is 29.9 Å². The van der Waals surface area contributed by atoms with Gasteiger partial charge in [0.15, 0.2) is 9.84 Å². The van der Waals surface area contributed by atoms with Gasteiger partial charge >= 0.3 is 0 Å². The van der Waals surface area contributed by atoms with E-state index < -0.39 is 9.84 Å². The summed E-state index contributed by atoms with van der Waals surface area (Å²) in [7, 11) is -3.17. The molecule has 0 aliphatic carbocycles. The highest BCUT2D eigenvalue weighted by Crippen LogP contribution is 2.13. The summed E-state index contributed by atoms with van der Waals surface area (Å²) in [6.07, 6.45) is 0.572. The lowest BCUT2D eigenvalue weighted by Gasteiger charge is -2.12. The maximum atomic E-state index is 12.1. The summed E-state index contributed by atoms with van der Waals surface area (Å²) in [5.41, 5.74) is 7.68. The number of nitrogens with one attached hydrogen (secondary N) is 1. The minimum atomic E-state index is -3.17. The zero-order valence-electron chi connectivity index (χ0n) is 14.1. The molecule has 0 aliphatic rings. The second-order valence-electron chi connectivity index (χ2n) is 6.00. The number of rotatable bonds is 9. The molecule has 3 N–H and O–H groups in total. The average molecular weight is 360 g/mol. The normalized spacial score (nSPS) is 12.5. The lowest BCUT2D eigenvalue weighted by molar-refractivity contribution is -0.121. The van der Waals surface area contributed by atoms with E-state index in [1.54, 1.807) is 12.1 Å². The van der Waals surface area contributed by atoms with Crippen LogP contribution in [0, 0.1) is 0 Å². The van der Waals surface area contributed by atoms with Gasteiger partial charge in [0.05, 0.1) is 11.5 Å². The maximum Gasteiger partial charge on any atom is 0.221 e. The Morgan fingerprint density at radius 2 is 1.60 bits per heavy atom. The van der Waals surface area contributed by atoms with Gasteiger partial charge in [-0.2, -0.15) is 0 Å². The van der Waals surface area contributed by atoms with Crippen LogP contribution in [0.3, 0.4) is 0 Å². The Morgan fingerprint density at radius 3 is 2.24 bits per heavy atom. The number of hydrogen-bond donors (Lipinski definition) is 2. The van der Waals surface area contributed by atoms with Crippen molar-refractivity contribution in [2.24, 2.45) is 5.73 Å². The molecule has 6 heteroatoms. The second-order valence-corrected chi connectivity index (χ2v) is 8.19. The molecule has 0 saturated carbocycles. The first-order valence-electron chi connectivity index (χ1n) is 8.28. The smallest absolute Gasteiger partial charge is 0.221 e. The Kier molecular flexibility index (Phi) is 7.16. The van der Waals surface area contributed by atoms with Crippen LogP contribution < -0.4 is 11.1 Å². The highest BCUT2D eigenvalue weighted by molar-refractivity contribution is 7.90. The first kappa shape index (κ1) is 19.1. The summed E-state index contributed by atoms with van der Waals surface area (Å²) >= 11 is 0. The molecule has 5 nitrogen and oxygen atoms in total. The Balaban J connectivity index is 1.69. The zero-order chi connectivity index (χ0) is 18.1. The first-order chi connectivity index (χ1) is 12.0. The second kappa shape index (κ2) is 9.34. The van der Waals surface area contributed by atoms with Crippen LogP contribution in [0.1, 0.15) is 30.0 Å². The fraction of sp³-hybridized carbons (Fsp3) is 0.316. The number of carbonyl (C=O) groups excluding carboxylic acids is 1. The maximum absolute atomic E-state index is 12.1. The molecule has 0 aromatic heterocycles. The lowest BCUT2D eigenvalue weighted by Crippen LogP contribution is -2.29. The fourth-order valence-corrected chi connectivity index (χ4v) is 3.94. The molecule has 1 amide bonds. The number of hydrogen-bond acceptors (Lipinski definition) is 4. The van der Waals surface area contributed by atoms with E-state index in [4.69, 9.17) is 5.73 Å². The molecule has 2 aromatic carbocycles. The van der Waals surface area contributed by atoms with Crippen molar-refractivity contribution in [3.05, 3.63) is 71.8 Å². The van der Waals surface area contributed by atoms with Gasteiger partial charge in [-0.15, -0.1) is 0 Å². The van der Waals surface area contributed by atoms with Crippen LogP contribution in [0.4, 0.5) is 0 Å². The lowest BCUT2D eigenvalue weighted by atomic mass is 10.0. The topological polar surface area (TPSA) is 89.3 Å². The number of amides is 1. The fourth-order valence-electron chi connectivity index (χ4n) is 2.51. The predicted octanol–water partition coefficient (Wildman–Crippen LogP) is 2.20. The quantitative estimate of drug-likeness (QED) is 0.671. The van der Waals surface area contributed by atoms with Gasteiger partial charge < -0.3 is 11.1 Å². The van der Waals surface area contributed by atoms with Crippen molar-refractivity contribution in [2.45, 2.75) is 24.6 Å². The molecule has 0 spiro atoms. The molecule has 0 aliphatic heterocycles. The summed E-state index contributed by atoms with van der Waals surface area (Å²) in [4.78, 5) is 11.9. The van der Waals surface area contributed by atoms with E-state index in [0.717, 1.165) is 11.1 Å². The summed E-state index contributed by atoms with van der Waals surface area (Å²) < 4.78 is 24.1. The zero-order valence-corrected chi connectivity index (χ0v) is 14.9. The molecular formula is C19H24N2O3S. The molecule has 0 bridgehead atoms. The number of benzene rings is 2. The van der Waals surface area contributed by atoms with Crippen molar-refractivity contribution in [1.29, 1.82) is 0 Å². The molecule has 0 saturated heterocycles. The minimum absolute atomic E-state index is 0.0284. The van der Waals surface area contributed by atoms with Crippen LogP contribution in [-0.4, -0.2) is 26.6 Å². The molecule has 0 heterocycles. The Morgan fingerprint density at radius 1 is 1.00 bits per heavy atom. The molecule has 25 heavy (non-hydrogen) atoms. The summed E-state index contributed by atoms with van der Waals surface area (Å²) in [6, 6.07) is 18.1. The molecular weight excluding hydrogens is 336 g/mol. The van der Waals surface area contributed by atoms with E-state index in [1.807, 2.05) is 48.5 Å². The third kappa shape index (κ3) is 7.07. The van der Waals surface area contributed by atoms with Gasteiger partial charge in [-0.25, -0.2) is 8.42 Å². The average Bonchev–Trinajstić information content (AvgIpc) is 2.60. The standard InChI is InChI=1S/C19H24N2O3S/c20-18(17-10-5-2-6-11-17)14-19(22)21-12-7-13-25(23,24)15-16-8-3-1-4-9-16/h1-6,8-11,18H,7,12-15,20H2,(H,21,22). The van der Waals surface area contributed by atoms with Crippen molar-refractivity contribution in [3.63, 3.8) is 0 Å². The van der Waals surface area contributed by atoms with Crippen LogP contribution in [-0.2, 0) is 20.4 Å². The molecule has 1 atom stereocenters. The van der Waals surface area contributed by atoms with Crippen LogP contribution in [0.2, 0.25) is 0 Å². The van der Waals surface area contributed by atoms with E-state index in [0.29, 0.717) is 13.0 Å². The first-order valence-corrected chi connectivity index (χ1v) is 10.1. The van der Waals surface area contributed by atoms with E-state index in [2.05, 4.69) is 5.32 Å². The third-order valence-corrected chi connectivity index (χ3v) is 5.50. The van der Waals surface area contributed by atoms with Gasteiger partial charge in [0.1, 0.15) is 0 Å². The molecule has 2 aromatic rings. The van der Waals surface area contributed by atoms with Crippen molar-refractivity contribution >= 4 is 15.7 Å². The van der Waals surface area contributed by atoms with Crippen molar-refractivity contribution < 1.29 is 13.2 Å². The van der Waals surface area contributed by atoms with Crippen molar-refractivity contribution in [2.75, 3.05) is 12.3 Å². The van der Waals surface area contributed by atoms with Crippen LogP contribution in [0.25, 0.3) is 0 Å². The summed E-state index contributed by atoms with van der Waals surface area (Å²) in [6.45, 7) is 0.328. The van der Waals surface area contributed by atoms with Gasteiger partial charge in [0.25, 0.3) is 0 Å². The van der Waals surface area contributed by atoms with Crippen LogP contribution in [0.15, 0.2) is 60.7 Å². The molecule has 134 valence electrons. The Labute approximate surface area is 149 Å². The Hall–Kier alpha value is -2.18. The monoisotopic (exact) mass is 360 g/mol. The van der Waals surface area contributed by atoms with Crippen molar-refractivity contribution in [3.8, 4) is 0 Å².